The van der Waals surface area contributed by atoms with Gasteiger partial charge in [0.1, 0.15) is 6.04 Å². The van der Waals surface area contributed by atoms with Crippen LogP contribution in [0.1, 0.15) is 19.8 Å². The van der Waals surface area contributed by atoms with Crippen molar-refractivity contribution in [1.29, 1.82) is 0 Å². The van der Waals surface area contributed by atoms with Crippen LogP contribution in [0.2, 0.25) is 0 Å². The number of carbonyl (C=O) groups is 2. The van der Waals surface area contributed by atoms with E-state index in [4.69, 9.17) is 0 Å². The van der Waals surface area contributed by atoms with E-state index in [9.17, 15) is 9.59 Å². The first-order chi connectivity index (χ1) is 8.45. The van der Waals surface area contributed by atoms with Crippen molar-refractivity contribution in [1.82, 2.24) is 15.1 Å². The predicted molar refractivity (Wildman–Crippen MR) is 68.3 cm³/mol. The molecule has 0 spiro atoms. The second kappa shape index (κ2) is 6.58. The molecule has 18 heavy (non-hydrogen) atoms. The van der Waals surface area contributed by atoms with E-state index in [-0.39, 0.29) is 24.1 Å². The average Bonchev–Trinajstić information content (AvgIpc) is 2.37. The Morgan fingerprint density at radius 2 is 1.89 bits per heavy atom. The molecule has 1 aliphatic heterocycles. The van der Waals surface area contributed by atoms with Crippen molar-refractivity contribution in [2.45, 2.75) is 31.8 Å². The number of hydrogen-bond donors (Lipinski definition) is 1. The van der Waals surface area contributed by atoms with E-state index in [0.717, 1.165) is 25.9 Å². The molecule has 0 aromatic rings. The molecule has 1 N–H and O–H groups in total. The van der Waals surface area contributed by atoms with Gasteiger partial charge in [-0.05, 0) is 19.8 Å². The summed E-state index contributed by atoms with van der Waals surface area (Å²) in [5, 5.41) is 3.23. The van der Waals surface area contributed by atoms with Crippen molar-refractivity contribution < 1.29 is 14.3 Å². The Labute approximate surface area is 108 Å². The maximum atomic E-state index is 11.7. The lowest BCUT2D eigenvalue weighted by Crippen LogP contribution is -2.50. The number of methoxy groups -OCH3 is 1. The van der Waals surface area contributed by atoms with Crippen LogP contribution in [-0.4, -0.2) is 68.2 Å². The zero-order chi connectivity index (χ0) is 13.7. The predicted octanol–water partition coefficient (Wildman–Crippen LogP) is 0.284. The number of hydrogen-bond acceptors (Lipinski definition) is 4. The summed E-state index contributed by atoms with van der Waals surface area (Å²) in [6.07, 6.45) is 1.72. The van der Waals surface area contributed by atoms with E-state index in [0.29, 0.717) is 0 Å². The number of urea groups is 1. The fourth-order valence-corrected chi connectivity index (χ4v) is 2.12. The molecule has 0 bridgehead atoms. The Hall–Kier alpha value is -1.30. The number of carbonyl (C=O) groups excluding carboxylic acids is 2. The first-order valence-electron chi connectivity index (χ1n) is 6.25. The van der Waals surface area contributed by atoms with E-state index in [1.807, 2.05) is 4.90 Å². The molecule has 0 unspecified atom stereocenters. The topological polar surface area (TPSA) is 61.9 Å². The van der Waals surface area contributed by atoms with Crippen molar-refractivity contribution in [2.75, 3.05) is 34.3 Å². The summed E-state index contributed by atoms with van der Waals surface area (Å²) >= 11 is 0. The fourth-order valence-electron chi connectivity index (χ4n) is 2.12. The Balaban J connectivity index is 2.36. The number of ether oxygens (including phenoxy) is 1. The van der Waals surface area contributed by atoms with Gasteiger partial charge in [0.05, 0.1) is 7.11 Å². The van der Waals surface area contributed by atoms with Crippen molar-refractivity contribution in [3.8, 4) is 0 Å². The normalized spacial score (nSPS) is 18.3. The van der Waals surface area contributed by atoms with Gasteiger partial charge in [-0.3, -0.25) is 4.79 Å². The Morgan fingerprint density at radius 3 is 2.33 bits per heavy atom. The number of amides is 2. The molecule has 2 amide bonds. The molecule has 0 aliphatic carbocycles. The van der Waals surface area contributed by atoms with Gasteiger partial charge in [-0.2, -0.15) is 0 Å². The van der Waals surface area contributed by atoms with Crippen molar-refractivity contribution in [2.24, 2.45) is 0 Å². The van der Waals surface area contributed by atoms with Gasteiger partial charge in [0.2, 0.25) is 0 Å². The van der Waals surface area contributed by atoms with Crippen LogP contribution >= 0.6 is 0 Å². The second-order valence-electron chi connectivity index (χ2n) is 4.85. The van der Waals surface area contributed by atoms with Crippen molar-refractivity contribution in [3.05, 3.63) is 0 Å². The van der Waals surface area contributed by atoms with Crippen LogP contribution in [0.15, 0.2) is 0 Å². The van der Waals surface area contributed by atoms with Gasteiger partial charge >= 0.3 is 12.0 Å². The van der Waals surface area contributed by atoms with E-state index in [2.05, 4.69) is 10.1 Å². The molecule has 1 saturated heterocycles. The molecule has 6 heteroatoms. The summed E-state index contributed by atoms with van der Waals surface area (Å²) in [6, 6.07) is 0.0240. The highest BCUT2D eigenvalue weighted by Crippen LogP contribution is 2.12. The zero-order valence-electron chi connectivity index (χ0n) is 11.6. The number of rotatable bonds is 3. The smallest absolute Gasteiger partial charge is 0.322 e. The maximum Gasteiger partial charge on any atom is 0.322 e. The zero-order valence-corrected chi connectivity index (χ0v) is 11.6. The summed E-state index contributed by atoms with van der Waals surface area (Å²) in [5.41, 5.74) is 0. The third-order valence-corrected chi connectivity index (χ3v) is 3.19. The van der Waals surface area contributed by atoms with Gasteiger partial charge < -0.3 is 19.9 Å². The molecule has 1 aliphatic rings. The summed E-state index contributed by atoms with van der Waals surface area (Å²) in [5.74, 6) is -0.248. The molecule has 0 aromatic heterocycles. The minimum Gasteiger partial charge on any atom is -0.468 e. The monoisotopic (exact) mass is 257 g/mol. The highest BCUT2D eigenvalue weighted by atomic mass is 16.5. The summed E-state index contributed by atoms with van der Waals surface area (Å²) < 4.78 is 4.67. The molecule has 0 aromatic carbocycles. The molecule has 1 fully saturated rings. The van der Waals surface area contributed by atoms with Crippen LogP contribution in [0.4, 0.5) is 4.79 Å². The molecule has 0 radical (unpaired) electrons. The number of esters is 1. The van der Waals surface area contributed by atoms with Gasteiger partial charge in [0.15, 0.2) is 0 Å². The van der Waals surface area contributed by atoms with E-state index >= 15 is 0 Å². The van der Waals surface area contributed by atoms with Crippen LogP contribution in [0.25, 0.3) is 0 Å². The molecule has 104 valence electrons. The van der Waals surface area contributed by atoms with E-state index in [1.165, 1.54) is 7.11 Å². The minimum atomic E-state index is -0.295. The summed E-state index contributed by atoms with van der Waals surface area (Å²) in [4.78, 5) is 26.5. The highest BCUT2D eigenvalue weighted by molar-refractivity contribution is 5.75. The molecular formula is C12H23N3O3. The maximum absolute atomic E-state index is 11.7. The number of piperidine rings is 1. The molecule has 0 saturated carbocycles. The van der Waals surface area contributed by atoms with Gasteiger partial charge in [-0.1, -0.05) is 0 Å². The SMILES string of the molecule is COC(=O)[C@H](C)NC1CCN(C(=O)N(C)C)CC1. The van der Waals surface area contributed by atoms with Gasteiger partial charge in [-0.25, -0.2) is 4.79 Å². The Morgan fingerprint density at radius 1 is 1.33 bits per heavy atom. The quantitative estimate of drug-likeness (QED) is 0.738. The highest BCUT2D eigenvalue weighted by Gasteiger charge is 2.25. The van der Waals surface area contributed by atoms with Crippen LogP contribution in [-0.2, 0) is 9.53 Å². The van der Waals surface area contributed by atoms with Crippen LogP contribution < -0.4 is 5.32 Å². The lowest BCUT2D eigenvalue weighted by molar-refractivity contribution is -0.142. The first-order valence-corrected chi connectivity index (χ1v) is 6.25. The van der Waals surface area contributed by atoms with Crippen molar-refractivity contribution in [3.63, 3.8) is 0 Å². The van der Waals surface area contributed by atoms with Gasteiger partial charge in [0.25, 0.3) is 0 Å². The van der Waals surface area contributed by atoms with Crippen molar-refractivity contribution >= 4 is 12.0 Å². The third kappa shape index (κ3) is 3.87. The number of nitrogens with one attached hydrogen (secondary N) is 1. The second-order valence-corrected chi connectivity index (χ2v) is 4.85. The third-order valence-electron chi connectivity index (χ3n) is 3.19. The number of likely N-dealkylation sites (tertiary alicyclic amines) is 1. The largest absolute Gasteiger partial charge is 0.468 e. The lowest BCUT2D eigenvalue weighted by atomic mass is 10.0. The molecule has 1 rings (SSSR count). The standard InChI is InChI=1S/C12H23N3O3/c1-9(11(16)18-4)13-10-5-7-15(8-6-10)12(17)14(2)3/h9-10,13H,5-8H2,1-4H3/t9-/m0/s1. The minimum absolute atomic E-state index is 0.0504. The molecule has 6 nitrogen and oxygen atoms in total. The van der Waals surface area contributed by atoms with Crippen LogP contribution in [0, 0.1) is 0 Å². The van der Waals surface area contributed by atoms with E-state index < -0.39 is 0 Å². The van der Waals surface area contributed by atoms with Gasteiger partial charge in [-0.15, -0.1) is 0 Å². The fraction of sp³-hybridized carbons (Fsp3) is 0.833. The number of nitrogens with zero attached hydrogens (tertiary/aromatic N) is 2. The average molecular weight is 257 g/mol. The van der Waals surface area contributed by atoms with Crippen LogP contribution in [0.5, 0.6) is 0 Å². The molecular weight excluding hydrogens is 234 g/mol. The molecule has 1 atom stereocenters. The van der Waals surface area contributed by atoms with Crippen LogP contribution in [0.3, 0.4) is 0 Å². The Bertz CT molecular complexity index is 299. The Kier molecular flexibility index (Phi) is 5.40. The van der Waals surface area contributed by atoms with Gasteiger partial charge in [0, 0.05) is 33.2 Å². The molecule has 1 heterocycles. The summed E-state index contributed by atoms with van der Waals surface area (Å²) in [6.45, 7) is 3.24. The van der Waals surface area contributed by atoms with E-state index in [1.54, 1.807) is 25.9 Å². The first kappa shape index (κ1) is 14.8. The lowest BCUT2D eigenvalue weighted by Gasteiger charge is -2.34. The summed E-state index contributed by atoms with van der Waals surface area (Å²) in [7, 11) is 4.90.